The Kier molecular flexibility index (Phi) is 4.73. The van der Waals surface area contributed by atoms with Crippen molar-refractivity contribution < 1.29 is 0 Å². The summed E-state index contributed by atoms with van der Waals surface area (Å²) in [6, 6.07) is 8.12. The van der Waals surface area contributed by atoms with Crippen LogP contribution in [0.4, 0.5) is 0 Å². The molecule has 3 nitrogen and oxygen atoms in total. The Bertz CT molecular complexity index is 612. The van der Waals surface area contributed by atoms with Gasteiger partial charge in [-0.25, -0.2) is 0 Å². The standard InChI is InChI=1S/C17H22ClN3/c1-19-10-13-4-3-9-21(11-13)12-14-6-7-16(18)15-5-2-8-20-17(14)15/h2,5-8,13,19H,3-4,9-12H2,1H3. The van der Waals surface area contributed by atoms with Crippen molar-refractivity contribution in [3.05, 3.63) is 41.0 Å². The van der Waals surface area contributed by atoms with Gasteiger partial charge in [0, 0.05) is 29.7 Å². The second kappa shape index (κ2) is 6.73. The second-order valence-corrected chi connectivity index (χ2v) is 6.31. The van der Waals surface area contributed by atoms with Crippen molar-refractivity contribution in [1.29, 1.82) is 0 Å². The van der Waals surface area contributed by atoms with Gasteiger partial charge in [-0.3, -0.25) is 9.88 Å². The van der Waals surface area contributed by atoms with E-state index in [2.05, 4.69) is 21.3 Å². The molecule has 1 aromatic carbocycles. The molecule has 2 heterocycles. The first-order valence-corrected chi connectivity index (χ1v) is 8.05. The van der Waals surface area contributed by atoms with E-state index in [1.165, 1.54) is 24.9 Å². The summed E-state index contributed by atoms with van der Waals surface area (Å²) in [5.74, 6) is 0.760. The molecule has 1 saturated heterocycles. The molecule has 1 aliphatic rings. The molecule has 1 fully saturated rings. The van der Waals surface area contributed by atoms with Crippen LogP contribution in [0, 0.1) is 5.92 Å². The fourth-order valence-electron chi connectivity index (χ4n) is 3.32. The molecule has 2 aromatic rings. The molecule has 1 atom stereocenters. The van der Waals surface area contributed by atoms with Gasteiger partial charge in [0.15, 0.2) is 0 Å². The molecule has 0 spiro atoms. The average Bonchev–Trinajstić information content (AvgIpc) is 2.51. The Labute approximate surface area is 131 Å². The maximum Gasteiger partial charge on any atom is 0.0761 e. The predicted molar refractivity (Wildman–Crippen MR) is 88.7 cm³/mol. The molecule has 4 heteroatoms. The van der Waals surface area contributed by atoms with Crippen LogP contribution in [-0.4, -0.2) is 36.6 Å². The normalized spacial score (nSPS) is 20.0. The van der Waals surface area contributed by atoms with E-state index in [9.17, 15) is 0 Å². The van der Waals surface area contributed by atoms with Crippen LogP contribution < -0.4 is 5.32 Å². The van der Waals surface area contributed by atoms with Gasteiger partial charge in [-0.15, -0.1) is 0 Å². The lowest BCUT2D eigenvalue weighted by Gasteiger charge is -2.32. The number of likely N-dealkylation sites (tertiary alicyclic amines) is 1. The van der Waals surface area contributed by atoms with Crippen LogP contribution in [0.15, 0.2) is 30.5 Å². The lowest BCUT2D eigenvalue weighted by molar-refractivity contribution is 0.167. The van der Waals surface area contributed by atoms with Crippen molar-refractivity contribution in [3.63, 3.8) is 0 Å². The summed E-state index contributed by atoms with van der Waals surface area (Å²) < 4.78 is 0. The third-order valence-corrected chi connectivity index (χ3v) is 4.62. The van der Waals surface area contributed by atoms with Gasteiger partial charge in [0.05, 0.1) is 5.52 Å². The molecule has 1 N–H and O–H groups in total. The fraction of sp³-hybridized carbons (Fsp3) is 0.471. The summed E-state index contributed by atoms with van der Waals surface area (Å²) >= 11 is 6.27. The van der Waals surface area contributed by atoms with Crippen LogP contribution in [0.3, 0.4) is 0 Å². The van der Waals surface area contributed by atoms with E-state index in [4.69, 9.17) is 11.6 Å². The highest BCUT2D eigenvalue weighted by Gasteiger charge is 2.20. The van der Waals surface area contributed by atoms with E-state index in [1.807, 2.05) is 31.4 Å². The van der Waals surface area contributed by atoms with Gasteiger partial charge in [0.1, 0.15) is 0 Å². The number of pyridine rings is 1. The highest BCUT2D eigenvalue weighted by Crippen LogP contribution is 2.26. The molecule has 21 heavy (non-hydrogen) atoms. The number of aromatic nitrogens is 1. The number of nitrogens with one attached hydrogen (secondary N) is 1. The van der Waals surface area contributed by atoms with E-state index in [-0.39, 0.29) is 0 Å². The summed E-state index contributed by atoms with van der Waals surface area (Å²) in [6.07, 6.45) is 4.46. The van der Waals surface area contributed by atoms with Gasteiger partial charge in [-0.05, 0) is 62.7 Å². The fourth-order valence-corrected chi connectivity index (χ4v) is 3.53. The number of piperidine rings is 1. The molecule has 0 aliphatic carbocycles. The van der Waals surface area contributed by atoms with Crippen molar-refractivity contribution in [2.24, 2.45) is 5.92 Å². The molecule has 1 unspecified atom stereocenters. The number of rotatable bonds is 4. The third-order valence-electron chi connectivity index (χ3n) is 4.29. The largest absolute Gasteiger partial charge is 0.319 e. The quantitative estimate of drug-likeness (QED) is 0.939. The van der Waals surface area contributed by atoms with Crippen molar-refractivity contribution in [2.75, 3.05) is 26.7 Å². The van der Waals surface area contributed by atoms with Crippen molar-refractivity contribution in [1.82, 2.24) is 15.2 Å². The average molecular weight is 304 g/mol. The molecule has 0 bridgehead atoms. The van der Waals surface area contributed by atoms with Gasteiger partial charge in [0.25, 0.3) is 0 Å². The van der Waals surface area contributed by atoms with Crippen LogP contribution in [0.5, 0.6) is 0 Å². The highest BCUT2D eigenvalue weighted by atomic mass is 35.5. The first-order valence-electron chi connectivity index (χ1n) is 7.67. The summed E-state index contributed by atoms with van der Waals surface area (Å²) in [4.78, 5) is 7.08. The summed E-state index contributed by atoms with van der Waals surface area (Å²) in [6.45, 7) is 4.41. The SMILES string of the molecule is CNCC1CCCN(Cc2ccc(Cl)c3cccnc23)C1. The van der Waals surface area contributed by atoms with Crippen LogP contribution in [0.1, 0.15) is 18.4 Å². The number of nitrogens with zero attached hydrogens (tertiary/aromatic N) is 2. The number of hydrogen-bond acceptors (Lipinski definition) is 3. The second-order valence-electron chi connectivity index (χ2n) is 5.91. The maximum atomic E-state index is 6.27. The molecular weight excluding hydrogens is 282 g/mol. The minimum Gasteiger partial charge on any atom is -0.319 e. The van der Waals surface area contributed by atoms with Crippen molar-refractivity contribution in [3.8, 4) is 0 Å². The number of fused-ring (bicyclic) bond motifs is 1. The van der Waals surface area contributed by atoms with E-state index < -0.39 is 0 Å². The number of hydrogen-bond donors (Lipinski definition) is 1. The van der Waals surface area contributed by atoms with E-state index in [0.717, 1.165) is 41.5 Å². The highest BCUT2D eigenvalue weighted by molar-refractivity contribution is 6.35. The third kappa shape index (κ3) is 3.37. The monoisotopic (exact) mass is 303 g/mol. The Balaban J connectivity index is 1.80. The van der Waals surface area contributed by atoms with Gasteiger partial charge < -0.3 is 5.32 Å². The van der Waals surface area contributed by atoms with E-state index in [0.29, 0.717) is 0 Å². The van der Waals surface area contributed by atoms with Crippen LogP contribution in [0.25, 0.3) is 10.9 Å². The van der Waals surface area contributed by atoms with Crippen LogP contribution in [0.2, 0.25) is 5.02 Å². The summed E-state index contributed by atoms with van der Waals surface area (Å²) in [5.41, 5.74) is 2.32. The zero-order valence-electron chi connectivity index (χ0n) is 12.5. The van der Waals surface area contributed by atoms with E-state index in [1.54, 1.807) is 0 Å². The zero-order valence-corrected chi connectivity index (χ0v) is 13.2. The zero-order chi connectivity index (χ0) is 14.7. The lowest BCUT2D eigenvalue weighted by atomic mass is 9.97. The molecule has 0 amide bonds. The molecule has 1 aliphatic heterocycles. The Morgan fingerprint density at radius 1 is 1.38 bits per heavy atom. The smallest absolute Gasteiger partial charge is 0.0761 e. The van der Waals surface area contributed by atoms with Crippen molar-refractivity contribution in [2.45, 2.75) is 19.4 Å². The van der Waals surface area contributed by atoms with Gasteiger partial charge in [-0.2, -0.15) is 0 Å². The van der Waals surface area contributed by atoms with Crippen LogP contribution in [-0.2, 0) is 6.54 Å². The van der Waals surface area contributed by atoms with Gasteiger partial charge in [0.2, 0.25) is 0 Å². The molecule has 0 radical (unpaired) electrons. The molecule has 0 saturated carbocycles. The molecule has 3 rings (SSSR count). The molecule has 1 aromatic heterocycles. The maximum absolute atomic E-state index is 6.27. The predicted octanol–water partition coefficient (Wildman–Crippen LogP) is 3.32. The first-order chi connectivity index (χ1) is 10.3. The lowest BCUT2D eigenvalue weighted by Crippen LogP contribution is -2.38. The minimum atomic E-state index is 0.760. The topological polar surface area (TPSA) is 28.2 Å². The molecule has 112 valence electrons. The van der Waals surface area contributed by atoms with Gasteiger partial charge >= 0.3 is 0 Å². The number of halogens is 1. The number of benzene rings is 1. The first kappa shape index (κ1) is 14.8. The summed E-state index contributed by atoms with van der Waals surface area (Å²) in [5, 5.41) is 5.14. The van der Waals surface area contributed by atoms with Crippen LogP contribution >= 0.6 is 11.6 Å². The molecular formula is C17H22ClN3. The van der Waals surface area contributed by atoms with Crippen molar-refractivity contribution >= 4 is 22.5 Å². The van der Waals surface area contributed by atoms with Gasteiger partial charge in [-0.1, -0.05) is 17.7 Å². The Morgan fingerprint density at radius 3 is 3.14 bits per heavy atom. The summed E-state index contributed by atoms with van der Waals surface area (Å²) in [7, 11) is 2.04. The van der Waals surface area contributed by atoms with E-state index >= 15 is 0 Å². The minimum absolute atomic E-state index is 0.760. The Morgan fingerprint density at radius 2 is 2.29 bits per heavy atom. The Hall–Kier alpha value is -1.16.